The van der Waals surface area contributed by atoms with E-state index in [-0.39, 0.29) is 18.3 Å². The average Bonchev–Trinajstić information content (AvgIpc) is 3.42. The summed E-state index contributed by atoms with van der Waals surface area (Å²) >= 11 is 0. The van der Waals surface area contributed by atoms with Crippen LogP contribution in [0.15, 0.2) is 18.2 Å². The molecule has 23 heavy (non-hydrogen) atoms. The Labute approximate surface area is 136 Å². The minimum absolute atomic E-state index is 0.0360. The Morgan fingerprint density at radius 3 is 2.35 bits per heavy atom. The number of amides is 1. The Balaban J connectivity index is 1.56. The van der Waals surface area contributed by atoms with Crippen LogP contribution in [0.25, 0.3) is 0 Å². The highest BCUT2D eigenvalue weighted by Gasteiger charge is 2.42. The van der Waals surface area contributed by atoms with E-state index >= 15 is 0 Å². The van der Waals surface area contributed by atoms with E-state index in [1.54, 1.807) is 18.2 Å². The van der Waals surface area contributed by atoms with Crippen molar-refractivity contribution in [3.63, 3.8) is 0 Å². The van der Waals surface area contributed by atoms with Crippen molar-refractivity contribution >= 4 is 11.7 Å². The zero-order valence-electron chi connectivity index (χ0n) is 13.6. The molecule has 0 heterocycles. The lowest BCUT2D eigenvalue weighted by Crippen LogP contribution is -2.40. The van der Waals surface area contributed by atoms with E-state index in [1.807, 2.05) is 0 Å². The zero-order chi connectivity index (χ0) is 16.4. The Morgan fingerprint density at radius 1 is 1.17 bits per heavy atom. The molecule has 0 atom stereocenters. The van der Waals surface area contributed by atoms with E-state index in [9.17, 15) is 9.59 Å². The summed E-state index contributed by atoms with van der Waals surface area (Å²) in [7, 11) is 1.52. The Morgan fingerprint density at radius 2 is 1.83 bits per heavy atom. The molecule has 2 aliphatic rings. The summed E-state index contributed by atoms with van der Waals surface area (Å²) in [4.78, 5) is 23.5. The van der Waals surface area contributed by atoms with Gasteiger partial charge in [-0.3, -0.25) is 9.59 Å². The molecule has 3 rings (SSSR count). The van der Waals surface area contributed by atoms with Crippen LogP contribution < -0.4 is 14.8 Å². The van der Waals surface area contributed by atoms with Gasteiger partial charge < -0.3 is 14.8 Å². The lowest BCUT2D eigenvalue weighted by atomic mass is 10.1. The summed E-state index contributed by atoms with van der Waals surface area (Å²) in [6.07, 6.45) is 4.90. The van der Waals surface area contributed by atoms with Gasteiger partial charge in [0, 0.05) is 11.6 Å². The molecule has 2 saturated carbocycles. The maximum absolute atomic E-state index is 12.1. The third-order valence-corrected chi connectivity index (χ3v) is 4.52. The lowest BCUT2D eigenvalue weighted by Gasteiger charge is -2.18. The van der Waals surface area contributed by atoms with Crippen molar-refractivity contribution in [2.75, 3.05) is 13.7 Å². The van der Waals surface area contributed by atoms with Crippen LogP contribution in [-0.4, -0.2) is 31.4 Å². The molecule has 5 nitrogen and oxygen atoms in total. The van der Waals surface area contributed by atoms with Crippen LogP contribution in [0.5, 0.6) is 11.5 Å². The molecule has 5 heteroatoms. The van der Waals surface area contributed by atoms with Gasteiger partial charge in [0.1, 0.15) is 0 Å². The van der Waals surface area contributed by atoms with E-state index < -0.39 is 0 Å². The number of carbonyl (C=O) groups excluding carboxylic acids is 2. The predicted octanol–water partition coefficient (Wildman–Crippen LogP) is 2.58. The molecule has 0 unspecified atom stereocenters. The summed E-state index contributed by atoms with van der Waals surface area (Å²) in [6.45, 7) is 1.46. The van der Waals surface area contributed by atoms with Crippen LogP contribution in [0.3, 0.4) is 0 Å². The quantitative estimate of drug-likeness (QED) is 0.749. The summed E-state index contributed by atoms with van der Waals surface area (Å²) in [5.74, 6) is 2.14. The number of rotatable bonds is 8. The van der Waals surface area contributed by atoms with Gasteiger partial charge in [0.25, 0.3) is 5.91 Å². The number of hydrogen-bond acceptors (Lipinski definition) is 4. The molecule has 0 bridgehead atoms. The molecule has 1 N–H and O–H groups in total. The van der Waals surface area contributed by atoms with Gasteiger partial charge in [-0.15, -0.1) is 0 Å². The van der Waals surface area contributed by atoms with E-state index in [0.717, 1.165) is 0 Å². The molecule has 2 aliphatic carbocycles. The molecule has 1 amide bonds. The SMILES string of the molecule is COc1cc(C(C)=O)ccc1OCC(=O)NC(C1CC1)C1CC1. The van der Waals surface area contributed by atoms with Gasteiger partial charge in [-0.05, 0) is 62.6 Å². The van der Waals surface area contributed by atoms with Gasteiger partial charge >= 0.3 is 0 Å². The van der Waals surface area contributed by atoms with Crippen molar-refractivity contribution in [3.8, 4) is 11.5 Å². The highest BCUT2D eigenvalue weighted by Crippen LogP contribution is 2.44. The molecule has 124 valence electrons. The van der Waals surface area contributed by atoms with E-state index in [0.29, 0.717) is 34.9 Å². The number of nitrogens with one attached hydrogen (secondary N) is 1. The second-order valence-electron chi connectivity index (χ2n) is 6.48. The minimum atomic E-state index is -0.0912. The van der Waals surface area contributed by atoms with Gasteiger partial charge in [0.05, 0.1) is 7.11 Å². The minimum Gasteiger partial charge on any atom is -0.493 e. The number of methoxy groups -OCH3 is 1. The molecule has 0 aromatic heterocycles. The first-order valence-electron chi connectivity index (χ1n) is 8.19. The van der Waals surface area contributed by atoms with Crippen LogP contribution in [0.1, 0.15) is 43.0 Å². The summed E-state index contributed by atoms with van der Waals surface area (Å²) in [5.41, 5.74) is 0.557. The normalized spacial score (nSPS) is 17.0. The molecule has 1 aromatic rings. The first kappa shape index (κ1) is 15.8. The maximum Gasteiger partial charge on any atom is 0.258 e. The Hall–Kier alpha value is -2.04. The fraction of sp³-hybridized carbons (Fsp3) is 0.556. The lowest BCUT2D eigenvalue weighted by molar-refractivity contribution is -0.124. The largest absolute Gasteiger partial charge is 0.493 e. The maximum atomic E-state index is 12.1. The van der Waals surface area contributed by atoms with Crippen molar-refractivity contribution in [3.05, 3.63) is 23.8 Å². The van der Waals surface area contributed by atoms with Crippen molar-refractivity contribution in [1.82, 2.24) is 5.32 Å². The fourth-order valence-electron chi connectivity index (χ4n) is 2.91. The van der Waals surface area contributed by atoms with Gasteiger partial charge in [-0.2, -0.15) is 0 Å². The predicted molar refractivity (Wildman–Crippen MR) is 85.9 cm³/mol. The second-order valence-corrected chi connectivity index (χ2v) is 6.48. The molecular formula is C18H23NO4. The summed E-state index contributed by atoms with van der Waals surface area (Å²) < 4.78 is 10.8. The summed E-state index contributed by atoms with van der Waals surface area (Å²) in [5, 5.41) is 3.12. The van der Waals surface area contributed by atoms with E-state index in [1.165, 1.54) is 39.7 Å². The fourth-order valence-corrected chi connectivity index (χ4v) is 2.91. The number of ketones is 1. The Kier molecular flexibility index (Phi) is 4.55. The molecule has 0 radical (unpaired) electrons. The molecule has 2 fully saturated rings. The van der Waals surface area contributed by atoms with E-state index in [2.05, 4.69) is 5.32 Å². The number of ether oxygens (including phenoxy) is 2. The topological polar surface area (TPSA) is 64.6 Å². The monoisotopic (exact) mass is 317 g/mol. The van der Waals surface area contributed by atoms with Gasteiger partial charge in [-0.1, -0.05) is 0 Å². The third kappa shape index (κ3) is 4.03. The van der Waals surface area contributed by atoms with Gasteiger partial charge in [0.2, 0.25) is 0 Å². The van der Waals surface area contributed by atoms with Gasteiger partial charge in [-0.25, -0.2) is 0 Å². The smallest absolute Gasteiger partial charge is 0.258 e. The summed E-state index contributed by atoms with van der Waals surface area (Å²) in [6, 6.07) is 5.30. The van der Waals surface area contributed by atoms with Crippen LogP contribution in [0, 0.1) is 11.8 Å². The van der Waals surface area contributed by atoms with Crippen molar-refractivity contribution < 1.29 is 19.1 Å². The standard InChI is InChI=1S/C18H23NO4/c1-11(20)14-7-8-15(16(9-14)22-2)23-10-17(21)19-18(12-3-4-12)13-5-6-13/h7-9,12-13,18H,3-6,10H2,1-2H3,(H,19,21). The third-order valence-electron chi connectivity index (χ3n) is 4.52. The number of hydrogen-bond donors (Lipinski definition) is 1. The molecule has 0 aliphatic heterocycles. The van der Waals surface area contributed by atoms with Crippen LogP contribution >= 0.6 is 0 Å². The Bertz CT molecular complexity index is 593. The highest BCUT2D eigenvalue weighted by molar-refractivity contribution is 5.94. The first-order chi connectivity index (χ1) is 11.1. The van der Waals surface area contributed by atoms with E-state index in [4.69, 9.17) is 9.47 Å². The van der Waals surface area contributed by atoms with Gasteiger partial charge in [0.15, 0.2) is 23.9 Å². The second kappa shape index (κ2) is 6.60. The van der Waals surface area contributed by atoms with Crippen molar-refractivity contribution in [1.29, 1.82) is 0 Å². The average molecular weight is 317 g/mol. The van der Waals surface area contributed by atoms with Crippen molar-refractivity contribution in [2.45, 2.75) is 38.6 Å². The number of carbonyl (C=O) groups is 2. The van der Waals surface area contributed by atoms with Crippen LogP contribution in [0.2, 0.25) is 0 Å². The van der Waals surface area contributed by atoms with Crippen LogP contribution in [-0.2, 0) is 4.79 Å². The number of Topliss-reactive ketones (excluding diaryl/α,β-unsaturated/α-hetero) is 1. The highest BCUT2D eigenvalue weighted by atomic mass is 16.5. The molecule has 0 saturated heterocycles. The van der Waals surface area contributed by atoms with Crippen LogP contribution in [0.4, 0.5) is 0 Å². The molecule has 1 aromatic carbocycles. The molecule has 0 spiro atoms. The van der Waals surface area contributed by atoms with Crippen molar-refractivity contribution in [2.24, 2.45) is 11.8 Å². The zero-order valence-corrected chi connectivity index (χ0v) is 13.6. The molecular weight excluding hydrogens is 294 g/mol. The number of benzene rings is 1. The first-order valence-corrected chi connectivity index (χ1v) is 8.19.